The zero-order valence-electron chi connectivity index (χ0n) is 5.71. The molecule has 68 valence electrons. The Morgan fingerprint density at radius 3 is 2.58 bits per heavy atom. The number of aromatic amines is 1. The smallest absolute Gasteiger partial charge is 0.383 e. The summed E-state index contributed by atoms with van der Waals surface area (Å²) in [4.78, 5) is 0. The molecule has 12 heavy (non-hydrogen) atoms. The summed E-state index contributed by atoms with van der Waals surface area (Å²) in [7, 11) is 0. The molecule has 0 bridgehead atoms. The highest BCUT2D eigenvalue weighted by Crippen LogP contribution is 2.21. The van der Waals surface area contributed by atoms with Crippen molar-refractivity contribution in [3.63, 3.8) is 0 Å². The zero-order chi connectivity index (χ0) is 9.19. The third-order valence-corrected chi connectivity index (χ3v) is 1.14. The minimum Gasteiger partial charge on any atom is -0.383 e. The van der Waals surface area contributed by atoms with Crippen molar-refractivity contribution in [2.45, 2.75) is 18.7 Å². The molecule has 1 atom stereocenters. The van der Waals surface area contributed by atoms with Gasteiger partial charge in [-0.15, -0.1) is 10.2 Å². The van der Waals surface area contributed by atoms with E-state index in [2.05, 4.69) is 15.4 Å². The fourth-order valence-corrected chi connectivity index (χ4v) is 0.558. The van der Waals surface area contributed by atoms with Gasteiger partial charge in [0.05, 0.1) is 0 Å². The summed E-state index contributed by atoms with van der Waals surface area (Å²) in [5.41, 5.74) is 0. The number of nitrogens with zero attached hydrogens (tertiary/aromatic N) is 3. The molecule has 1 aromatic rings. The lowest BCUT2D eigenvalue weighted by atomic mass is 10.2. The van der Waals surface area contributed by atoms with Crippen LogP contribution >= 0.6 is 0 Å². The molecule has 5 nitrogen and oxygen atoms in total. The van der Waals surface area contributed by atoms with Crippen LogP contribution in [0.5, 0.6) is 0 Å². The lowest BCUT2D eigenvalue weighted by Gasteiger charge is -2.11. The van der Waals surface area contributed by atoms with Crippen LogP contribution in [-0.4, -0.2) is 38.0 Å². The van der Waals surface area contributed by atoms with E-state index >= 15 is 0 Å². The number of halogens is 3. The van der Waals surface area contributed by atoms with Gasteiger partial charge in [0.1, 0.15) is 0 Å². The Morgan fingerprint density at radius 2 is 2.17 bits per heavy atom. The molecule has 0 radical (unpaired) electrons. The number of tetrazole rings is 1. The van der Waals surface area contributed by atoms with Crippen LogP contribution in [0.25, 0.3) is 0 Å². The molecule has 0 spiro atoms. The van der Waals surface area contributed by atoms with Crippen molar-refractivity contribution in [1.82, 2.24) is 20.6 Å². The van der Waals surface area contributed by atoms with Gasteiger partial charge in [-0.05, 0) is 0 Å². The first-order valence-corrected chi connectivity index (χ1v) is 2.97. The van der Waals surface area contributed by atoms with Gasteiger partial charge in [0, 0.05) is 6.42 Å². The molecule has 0 aromatic carbocycles. The molecule has 1 rings (SSSR count). The molecule has 1 heterocycles. The highest BCUT2D eigenvalue weighted by molar-refractivity contribution is 4.83. The average molecular weight is 182 g/mol. The highest BCUT2D eigenvalue weighted by atomic mass is 19.4. The summed E-state index contributed by atoms with van der Waals surface area (Å²) in [5.74, 6) is -0.167. The molecule has 0 saturated carbocycles. The SMILES string of the molecule is OC(Cc1nn[nH]n1)C(F)(F)F. The average Bonchev–Trinajstić information content (AvgIpc) is 2.37. The van der Waals surface area contributed by atoms with E-state index in [9.17, 15) is 13.2 Å². The van der Waals surface area contributed by atoms with Gasteiger partial charge in [-0.1, -0.05) is 5.21 Å². The Labute approximate surface area is 64.6 Å². The van der Waals surface area contributed by atoms with E-state index in [1.807, 2.05) is 5.21 Å². The Kier molecular flexibility index (Phi) is 2.27. The van der Waals surface area contributed by atoms with Gasteiger partial charge in [-0.3, -0.25) is 0 Å². The molecule has 0 amide bonds. The summed E-state index contributed by atoms with van der Waals surface area (Å²) in [5, 5.41) is 20.1. The highest BCUT2D eigenvalue weighted by Gasteiger charge is 2.38. The van der Waals surface area contributed by atoms with Gasteiger partial charge >= 0.3 is 6.18 Å². The molecule has 2 N–H and O–H groups in total. The largest absolute Gasteiger partial charge is 0.414 e. The number of alkyl halides is 3. The first-order chi connectivity index (χ1) is 5.50. The Morgan fingerprint density at radius 1 is 1.50 bits per heavy atom. The summed E-state index contributed by atoms with van der Waals surface area (Å²) >= 11 is 0. The van der Waals surface area contributed by atoms with Gasteiger partial charge in [0.15, 0.2) is 11.9 Å². The van der Waals surface area contributed by atoms with Crippen LogP contribution in [0.15, 0.2) is 0 Å². The third-order valence-electron chi connectivity index (χ3n) is 1.14. The predicted molar refractivity (Wildman–Crippen MR) is 29.9 cm³/mol. The molecule has 1 unspecified atom stereocenters. The maximum Gasteiger partial charge on any atom is 0.414 e. The molecule has 8 heteroatoms. The second-order valence-electron chi connectivity index (χ2n) is 2.09. The van der Waals surface area contributed by atoms with E-state index in [4.69, 9.17) is 5.11 Å². The second kappa shape index (κ2) is 3.05. The van der Waals surface area contributed by atoms with Gasteiger partial charge in [0.25, 0.3) is 0 Å². The van der Waals surface area contributed by atoms with Crippen LogP contribution < -0.4 is 0 Å². The first kappa shape index (κ1) is 8.91. The molecule has 0 fully saturated rings. The molecular weight excluding hydrogens is 177 g/mol. The van der Waals surface area contributed by atoms with E-state index in [1.165, 1.54) is 0 Å². The van der Waals surface area contributed by atoms with Gasteiger partial charge in [0.2, 0.25) is 0 Å². The first-order valence-electron chi connectivity index (χ1n) is 2.97. The van der Waals surface area contributed by atoms with Crippen LogP contribution in [-0.2, 0) is 6.42 Å². The lowest BCUT2D eigenvalue weighted by molar-refractivity contribution is -0.203. The predicted octanol–water partition coefficient (Wildman–Crippen LogP) is -0.335. The number of hydrogen-bond acceptors (Lipinski definition) is 4. The van der Waals surface area contributed by atoms with E-state index in [0.29, 0.717) is 0 Å². The zero-order valence-corrected chi connectivity index (χ0v) is 5.71. The summed E-state index contributed by atoms with van der Waals surface area (Å²) < 4.78 is 35.1. The fraction of sp³-hybridized carbons (Fsp3) is 0.750. The maximum absolute atomic E-state index is 11.7. The number of rotatable bonds is 2. The van der Waals surface area contributed by atoms with E-state index in [1.54, 1.807) is 0 Å². The van der Waals surface area contributed by atoms with Crippen molar-refractivity contribution in [2.75, 3.05) is 0 Å². The van der Waals surface area contributed by atoms with Crippen molar-refractivity contribution >= 4 is 0 Å². The number of nitrogens with one attached hydrogen (secondary N) is 1. The normalized spacial score (nSPS) is 14.7. The van der Waals surface area contributed by atoms with E-state index in [0.717, 1.165) is 0 Å². The van der Waals surface area contributed by atoms with Crippen LogP contribution in [0.1, 0.15) is 5.82 Å². The molecule has 0 aliphatic carbocycles. The molecule has 0 aliphatic rings. The molecule has 0 aliphatic heterocycles. The quantitative estimate of drug-likeness (QED) is 0.656. The van der Waals surface area contributed by atoms with Crippen molar-refractivity contribution in [1.29, 1.82) is 0 Å². The van der Waals surface area contributed by atoms with Crippen LogP contribution in [0.4, 0.5) is 13.2 Å². The topological polar surface area (TPSA) is 74.7 Å². The molecule has 1 aromatic heterocycles. The van der Waals surface area contributed by atoms with E-state index < -0.39 is 18.7 Å². The number of aliphatic hydroxyl groups is 1. The number of hydrogen-bond donors (Lipinski definition) is 2. The summed E-state index contributed by atoms with van der Waals surface area (Å²) in [6.45, 7) is 0. The Balaban J connectivity index is 2.53. The summed E-state index contributed by atoms with van der Waals surface area (Å²) in [6, 6.07) is 0. The van der Waals surface area contributed by atoms with Crippen LogP contribution in [0, 0.1) is 0 Å². The Hall–Kier alpha value is -1.18. The molecule has 0 saturated heterocycles. The van der Waals surface area contributed by atoms with Crippen molar-refractivity contribution < 1.29 is 18.3 Å². The number of aromatic nitrogens is 4. The number of H-pyrrole nitrogens is 1. The van der Waals surface area contributed by atoms with Crippen molar-refractivity contribution in [3.8, 4) is 0 Å². The standard InChI is InChI=1S/C4H5F3N4O/c5-4(6,7)2(12)1-3-8-10-11-9-3/h2,12H,1H2,(H,8,9,10,11). The third kappa shape index (κ3) is 2.16. The van der Waals surface area contributed by atoms with Crippen molar-refractivity contribution in [2.24, 2.45) is 0 Å². The second-order valence-corrected chi connectivity index (χ2v) is 2.09. The maximum atomic E-state index is 11.7. The van der Waals surface area contributed by atoms with Crippen LogP contribution in [0.3, 0.4) is 0 Å². The summed E-state index contributed by atoms with van der Waals surface area (Å²) in [6.07, 6.45) is -7.75. The Bertz CT molecular complexity index is 233. The fourth-order valence-electron chi connectivity index (χ4n) is 0.558. The van der Waals surface area contributed by atoms with Gasteiger partial charge < -0.3 is 5.11 Å². The minimum absolute atomic E-state index is 0.167. The lowest BCUT2D eigenvalue weighted by Crippen LogP contribution is -2.30. The van der Waals surface area contributed by atoms with E-state index in [-0.39, 0.29) is 5.82 Å². The number of aliphatic hydroxyl groups excluding tert-OH is 1. The van der Waals surface area contributed by atoms with Gasteiger partial charge in [-0.2, -0.15) is 18.4 Å². The minimum atomic E-state index is -4.64. The van der Waals surface area contributed by atoms with Gasteiger partial charge in [-0.25, -0.2) is 0 Å². The van der Waals surface area contributed by atoms with Crippen molar-refractivity contribution in [3.05, 3.63) is 5.82 Å². The monoisotopic (exact) mass is 182 g/mol. The molecular formula is C4H5F3N4O. The van der Waals surface area contributed by atoms with Crippen LogP contribution in [0.2, 0.25) is 0 Å².